The number of nitrogens with zero attached hydrogens (tertiary/aromatic N) is 1. The van der Waals surface area contributed by atoms with E-state index < -0.39 is 29.2 Å². The molecule has 0 unspecified atom stereocenters. The highest BCUT2D eigenvalue weighted by Gasteiger charge is 2.35. The van der Waals surface area contributed by atoms with Gasteiger partial charge in [0.2, 0.25) is 0 Å². The first-order chi connectivity index (χ1) is 8.36. The maximum absolute atomic E-state index is 12.7. The summed E-state index contributed by atoms with van der Waals surface area (Å²) in [5.41, 5.74) is -2.09. The van der Waals surface area contributed by atoms with E-state index >= 15 is 0 Å². The molecule has 0 bridgehead atoms. The van der Waals surface area contributed by atoms with E-state index in [9.17, 15) is 18.0 Å². The molecule has 0 saturated heterocycles. The molecule has 0 saturated carbocycles. The standard InChI is InChI=1S/C11H7ClF3NO2/c1-18-10(17)6-2-3-9(11(13,14)15)8(5-16)7(6)4-12/h2-3H,4H2,1H3. The lowest BCUT2D eigenvalue weighted by Crippen LogP contribution is -2.13. The van der Waals surface area contributed by atoms with E-state index in [4.69, 9.17) is 16.9 Å². The SMILES string of the molecule is COC(=O)c1ccc(C(F)(F)F)c(C#N)c1CCl. The minimum Gasteiger partial charge on any atom is -0.465 e. The molecule has 0 aliphatic heterocycles. The Balaban J connectivity index is 3.58. The van der Waals surface area contributed by atoms with Crippen molar-refractivity contribution in [3.63, 3.8) is 0 Å². The fourth-order valence-electron chi connectivity index (χ4n) is 1.45. The summed E-state index contributed by atoms with van der Waals surface area (Å²) in [7, 11) is 1.09. The summed E-state index contributed by atoms with van der Waals surface area (Å²) >= 11 is 5.51. The zero-order valence-corrected chi connectivity index (χ0v) is 9.89. The summed E-state index contributed by atoms with van der Waals surface area (Å²) in [4.78, 5) is 11.4. The molecule has 7 heteroatoms. The highest BCUT2D eigenvalue weighted by molar-refractivity contribution is 6.18. The van der Waals surface area contributed by atoms with Crippen molar-refractivity contribution < 1.29 is 22.7 Å². The summed E-state index contributed by atoms with van der Waals surface area (Å²) in [5, 5.41) is 8.81. The fourth-order valence-corrected chi connectivity index (χ4v) is 1.73. The molecule has 0 spiro atoms. The first-order valence-corrected chi connectivity index (χ1v) is 5.17. The van der Waals surface area contributed by atoms with Crippen molar-refractivity contribution in [3.8, 4) is 6.07 Å². The first-order valence-electron chi connectivity index (χ1n) is 4.64. The van der Waals surface area contributed by atoms with Gasteiger partial charge >= 0.3 is 12.1 Å². The highest BCUT2D eigenvalue weighted by atomic mass is 35.5. The molecule has 0 fully saturated rings. The van der Waals surface area contributed by atoms with Crippen LogP contribution in [0, 0.1) is 11.3 Å². The van der Waals surface area contributed by atoms with Crippen LogP contribution in [0.3, 0.4) is 0 Å². The minimum atomic E-state index is -4.68. The number of rotatable bonds is 2. The minimum absolute atomic E-state index is 0.142. The van der Waals surface area contributed by atoms with Gasteiger partial charge in [-0.1, -0.05) is 0 Å². The monoisotopic (exact) mass is 277 g/mol. The largest absolute Gasteiger partial charge is 0.465 e. The molecule has 18 heavy (non-hydrogen) atoms. The Hall–Kier alpha value is -1.74. The molecule has 0 amide bonds. The number of halogens is 4. The van der Waals surface area contributed by atoms with Crippen LogP contribution in [0.2, 0.25) is 0 Å². The lowest BCUT2D eigenvalue weighted by atomic mass is 9.97. The van der Waals surface area contributed by atoms with Gasteiger partial charge in [-0.3, -0.25) is 0 Å². The maximum atomic E-state index is 12.7. The van der Waals surface area contributed by atoms with Gasteiger partial charge < -0.3 is 4.74 Å². The van der Waals surface area contributed by atoms with Crippen LogP contribution in [0.4, 0.5) is 13.2 Å². The summed E-state index contributed by atoms with van der Waals surface area (Å²) < 4.78 is 42.4. The second-order valence-electron chi connectivity index (χ2n) is 3.25. The molecule has 1 aromatic carbocycles. The number of benzene rings is 1. The normalized spacial score (nSPS) is 10.9. The van der Waals surface area contributed by atoms with E-state index in [2.05, 4.69) is 4.74 Å². The molecule has 96 valence electrons. The number of carbonyl (C=O) groups excluding carboxylic acids is 1. The van der Waals surface area contributed by atoms with Crippen molar-refractivity contribution in [2.45, 2.75) is 12.1 Å². The molecule has 0 N–H and O–H groups in total. The topological polar surface area (TPSA) is 50.1 Å². The molecule has 0 radical (unpaired) electrons. The average molecular weight is 278 g/mol. The predicted molar refractivity (Wildman–Crippen MR) is 57.1 cm³/mol. The van der Waals surface area contributed by atoms with Crippen LogP contribution in [0.5, 0.6) is 0 Å². The van der Waals surface area contributed by atoms with Crippen molar-refractivity contribution in [1.82, 2.24) is 0 Å². The Labute approximate surface area is 106 Å². The number of methoxy groups -OCH3 is 1. The fraction of sp³-hybridized carbons (Fsp3) is 0.273. The van der Waals surface area contributed by atoms with Crippen LogP contribution in [-0.2, 0) is 16.8 Å². The second-order valence-corrected chi connectivity index (χ2v) is 3.52. The van der Waals surface area contributed by atoms with Gasteiger partial charge in [0, 0.05) is 5.88 Å². The van der Waals surface area contributed by atoms with Crippen LogP contribution in [-0.4, -0.2) is 13.1 Å². The van der Waals surface area contributed by atoms with Gasteiger partial charge in [0.1, 0.15) is 6.07 Å². The number of carbonyl (C=O) groups is 1. The van der Waals surface area contributed by atoms with E-state index in [1.807, 2.05) is 0 Å². The van der Waals surface area contributed by atoms with Crippen molar-refractivity contribution in [1.29, 1.82) is 5.26 Å². The smallest absolute Gasteiger partial charge is 0.417 e. The summed E-state index contributed by atoms with van der Waals surface area (Å²) in [6.45, 7) is 0. The zero-order valence-electron chi connectivity index (χ0n) is 9.14. The van der Waals surface area contributed by atoms with Crippen LogP contribution in [0.1, 0.15) is 27.0 Å². The third kappa shape index (κ3) is 2.57. The van der Waals surface area contributed by atoms with Crippen molar-refractivity contribution in [2.24, 2.45) is 0 Å². The lowest BCUT2D eigenvalue weighted by Gasteiger charge is -2.13. The van der Waals surface area contributed by atoms with Crippen LogP contribution >= 0.6 is 11.6 Å². The molecular weight excluding hydrogens is 271 g/mol. The number of hydrogen-bond acceptors (Lipinski definition) is 3. The average Bonchev–Trinajstić information content (AvgIpc) is 2.34. The van der Waals surface area contributed by atoms with Crippen molar-refractivity contribution in [3.05, 3.63) is 34.4 Å². The number of alkyl halides is 4. The van der Waals surface area contributed by atoms with Gasteiger partial charge in [-0.2, -0.15) is 18.4 Å². The van der Waals surface area contributed by atoms with Crippen LogP contribution < -0.4 is 0 Å². The summed E-state index contributed by atoms with van der Waals surface area (Å²) in [6.07, 6.45) is -4.68. The van der Waals surface area contributed by atoms with Crippen LogP contribution in [0.25, 0.3) is 0 Å². The lowest BCUT2D eigenvalue weighted by molar-refractivity contribution is -0.137. The highest BCUT2D eigenvalue weighted by Crippen LogP contribution is 2.34. The van der Waals surface area contributed by atoms with Crippen molar-refractivity contribution >= 4 is 17.6 Å². The van der Waals surface area contributed by atoms with E-state index in [-0.39, 0.29) is 11.1 Å². The molecule has 0 aliphatic carbocycles. The number of esters is 1. The third-order valence-corrected chi connectivity index (χ3v) is 2.54. The molecule has 3 nitrogen and oxygen atoms in total. The second kappa shape index (κ2) is 5.27. The molecule has 1 rings (SSSR count). The van der Waals surface area contributed by atoms with Gasteiger partial charge in [-0.15, -0.1) is 11.6 Å². The number of hydrogen-bond donors (Lipinski definition) is 0. The number of ether oxygens (including phenoxy) is 1. The quantitative estimate of drug-likeness (QED) is 0.616. The first kappa shape index (κ1) is 14.3. The molecule has 0 aliphatic rings. The van der Waals surface area contributed by atoms with Gasteiger partial charge in [-0.25, -0.2) is 4.79 Å². The predicted octanol–water partition coefficient (Wildman–Crippen LogP) is 3.10. The Morgan fingerprint density at radius 3 is 2.50 bits per heavy atom. The van der Waals surface area contributed by atoms with Crippen LogP contribution in [0.15, 0.2) is 12.1 Å². The maximum Gasteiger partial charge on any atom is 0.417 e. The third-order valence-electron chi connectivity index (χ3n) is 2.27. The summed E-state index contributed by atoms with van der Waals surface area (Å²) in [6, 6.07) is 3.05. The van der Waals surface area contributed by atoms with Crippen molar-refractivity contribution in [2.75, 3.05) is 7.11 Å². The Morgan fingerprint density at radius 1 is 1.50 bits per heavy atom. The van der Waals surface area contributed by atoms with E-state index in [1.54, 1.807) is 0 Å². The van der Waals surface area contributed by atoms with Gasteiger partial charge in [0.15, 0.2) is 0 Å². The molecule has 0 aromatic heterocycles. The Morgan fingerprint density at radius 2 is 2.11 bits per heavy atom. The van der Waals surface area contributed by atoms with E-state index in [0.29, 0.717) is 6.07 Å². The molecular formula is C11H7ClF3NO2. The Bertz CT molecular complexity index is 520. The molecule has 0 heterocycles. The summed E-state index contributed by atoms with van der Waals surface area (Å²) in [5.74, 6) is -1.23. The van der Waals surface area contributed by atoms with Gasteiger partial charge in [-0.05, 0) is 17.7 Å². The zero-order chi connectivity index (χ0) is 13.9. The molecule has 0 atom stereocenters. The van der Waals surface area contributed by atoms with E-state index in [0.717, 1.165) is 13.2 Å². The Kier molecular flexibility index (Phi) is 4.19. The van der Waals surface area contributed by atoms with Gasteiger partial charge in [0.25, 0.3) is 0 Å². The van der Waals surface area contributed by atoms with E-state index in [1.165, 1.54) is 6.07 Å². The molecule has 1 aromatic rings. The number of nitriles is 1. The van der Waals surface area contributed by atoms with Gasteiger partial charge in [0.05, 0.1) is 23.8 Å².